The van der Waals surface area contributed by atoms with Crippen molar-refractivity contribution in [2.24, 2.45) is 0 Å². The Morgan fingerprint density at radius 2 is 1.73 bits per heavy atom. The van der Waals surface area contributed by atoms with Gasteiger partial charge in [0.25, 0.3) is 0 Å². The highest BCUT2D eigenvalue weighted by molar-refractivity contribution is 5.65. The molecule has 2 aromatic rings. The van der Waals surface area contributed by atoms with Crippen LogP contribution in [-0.4, -0.2) is 0 Å². The predicted molar refractivity (Wildman–Crippen MR) is 84.0 cm³/mol. The van der Waals surface area contributed by atoms with E-state index in [-0.39, 0.29) is 5.92 Å². The molecule has 0 bridgehead atoms. The standard InChI is InChI=1S/C20H14N2/c21-12-17-10-9-15-7-4-8-16-11-18(14-5-2-1-3-6-14)20(17,13-22)19(15)16/h1-8,10,18H,9,11H2/t18?,20-/m1/s1. The molecule has 2 aliphatic rings. The second-order valence-corrected chi connectivity index (χ2v) is 5.97. The number of hydrogen-bond donors (Lipinski definition) is 0. The van der Waals surface area contributed by atoms with E-state index >= 15 is 0 Å². The van der Waals surface area contributed by atoms with Crippen LogP contribution in [-0.2, 0) is 18.3 Å². The van der Waals surface area contributed by atoms with Crippen molar-refractivity contribution in [3.63, 3.8) is 0 Å². The van der Waals surface area contributed by atoms with Gasteiger partial charge in [0, 0.05) is 5.92 Å². The van der Waals surface area contributed by atoms with Crippen LogP contribution in [0.25, 0.3) is 0 Å². The maximum Gasteiger partial charge on any atom is 0.124 e. The molecule has 0 amide bonds. The predicted octanol–water partition coefficient (Wildman–Crippen LogP) is 3.79. The second kappa shape index (κ2) is 4.58. The molecule has 2 nitrogen and oxygen atoms in total. The Kier molecular flexibility index (Phi) is 2.68. The van der Waals surface area contributed by atoms with E-state index in [0.717, 1.165) is 24.0 Å². The number of nitrogens with zero attached hydrogens (tertiary/aromatic N) is 2. The van der Waals surface area contributed by atoms with Crippen LogP contribution in [0.15, 0.2) is 60.2 Å². The first-order valence-electron chi connectivity index (χ1n) is 7.49. The van der Waals surface area contributed by atoms with Crippen molar-refractivity contribution in [2.75, 3.05) is 0 Å². The van der Waals surface area contributed by atoms with Gasteiger partial charge in [-0.1, -0.05) is 54.6 Å². The highest BCUT2D eigenvalue weighted by atomic mass is 14.5. The first-order chi connectivity index (χ1) is 10.8. The van der Waals surface area contributed by atoms with Gasteiger partial charge in [-0.25, -0.2) is 0 Å². The topological polar surface area (TPSA) is 47.6 Å². The molecule has 0 N–H and O–H groups in total. The Balaban J connectivity index is 2.03. The lowest BCUT2D eigenvalue weighted by atomic mass is 9.64. The highest BCUT2D eigenvalue weighted by Crippen LogP contribution is 2.55. The van der Waals surface area contributed by atoms with Gasteiger partial charge in [0.05, 0.1) is 17.7 Å². The average molecular weight is 282 g/mol. The quantitative estimate of drug-likeness (QED) is 0.798. The highest BCUT2D eigenvalue weighted by Gasteiger charge is 2.53. The van der Waals surface area contributed by atoms with Gasteiger partial charge in [-0.05, 0) is 35.1 Å². The summed E-state index contributed by atoms with van der Waals surface area (Å²) >= 11 is 0. The lowest BCUT2D eigenvalue weighted by Crippen LogP contribution is -2.33. The molecule has 0 spiro atoms. The van der Waals surface area contributed by atoms with Crippen LogP contribution in [0.3, 0.4) is 0 Å². The number of nitriles is 2. The van der Waals surface area contributed by atoms with Gasteiger partial charge in [-0.2, -0.15) is 10.5 Å². The summed E-state index contributed by atoms with van der Waals surface area (Å²) in [6.07, 6.45) is 3.51. The van der Waals surface area contributed by atoms with E-state index in [1.807, 2.05) is 24.3 Å². The molecule has 2 heteroatoms. The number of rotatable bonds is 1. The third-order valence-corrected chi connectivity index (χ3v) is 5.03. The van der Waals surface area contributed by atoms with E-state index in [9.17, 15) is 10.5 Å². The summed E-state index contributed by atoms with van der Waals surface area (Å²) in [5.41, 5.74) is 4.42. The van der Waals surface area contributed by atoms with Crippen LogP contribution < -0.4 is 0 Å². The van der Waals surface area contributed by atoms with Crippen molar-refractivity contribution in [1.82, 2.24) is 0 Å². The van der Waals surface area contributed by atoms with E-state index in [4.69, 9.17) is 0 Å². The van der Waals surface area contributed by atoms with Gasteiger partial charge in [0.15, 0.2) is 0 Å². The SMILES string of the molecule is N#CC1=CCc2cccc3c2[C@@]1(C#N)C(c1ccccc1)C3. The number of hydrogen-bond acceptors (Lipinski definition) is 2. The minimum absolute atomic E-state index is 0.0149. The molecule has 0 saturated heterocycles. The molecule has 0 aliphatic heterocycles. The monoisotopic (exact) mass is 282 g/mol. The van der Waals surface area contributed by atoms with Gasteiger partial charge in [0.2, 0.25) is 0 Å². The molecular weight excluding hydrogens is 268 g/mol. The van der Waals surface area contributed by atoms with E-state index in [2.05, 4.69) is 42.5 Å². The van der Waals surface area contributed by atoms with Crippen molar-refractivity contribution in [3.05, 3.63) is 82.4 Å². The second-order valence-electron chi connectivity index (χ2n) is 5.97. The molecule has 22 heavy (non-hydrogen) atoms. The Labute approximate surface area is 129 Å². The summed E-state index contributed by atoms with van der Waals surface area (Å²) in [5, 5.41) is 19.7. The van der Waals surface area contributed by atoms with E-state index in [0.29, 0.717) is 5.57 Å². The first kappa shape index (κ1) is 12.9. The van der Waals surface area contributed by atoms with Gasteiger partial charge in [-0.3, -0.25) is 0 Å². The van der Waals surface area contributed by atoms with Gasteiger partial charge < -0.3 is 0 Å². The van der Waals surface area contributed by atoms with E-state index < -0.39 is 5.41 Å². The summed E-state index contributed by atoms with van der Waals surface area (Å²) in [6.45, 7) is 0. The molecule has 104 valence electrons. The van der Waals surface area contributed by atoms with Crippen LogP contribution in [0.4, 0.5) is 0 Å². The maximum absolute atomic E-state index is 10.1. The Morgan fingerprint density at radius 1 is 0.955 bits per heavy atom. The Bertz CT molecular complexity index is 865. The molecule has 2 atom stereocenters. The maximum atomic E-state index is 10.1. The molecule has 0 heterocycles. The molecule has 0 aromatic heterocycles. The summed E-state index contributed by atoms with van der Waals surface area (Å²) in [7, 11) is 0. The lowest BCUT2D eigenvalue weighted by molar-refractivity contribution is 0.541. The van der Waals surface area contributed by atoms with Crippen molar-refractivity contribution in [1.29, 1.82) is 10.5 Å². The fourth-order valence-electron chi connectivity index (χ4n) is 4.12. The van der Waals surface area contributed by atoms with Gasteiger partial charge >= 0.3 is 0 Å². The largest absolute Gasteiger partial charge is 0.197 e. The summed E-state index contributed by atoms with van der Waals surface area (Å²) in [5.74, 6) is 0.0149. The minimum Gasteiger partial charge on any atom is -0.197 e. The fraction of sp³-hybridized carbons (Fsp3) is 0.200. The Hall–Kier alpha value is -2.84. The molecule has 0 saturated carbocycles. The molecule has 2 aliphatic carbocycles. The van der Waals surface area contributed by atoms with Crippen LogP contribution >= 0.6 is 0 Å². The molecule has 2 aromatic carbocycles. The lowest BCUT2D eigenvalue weighted by Gasteiger charge is -2.33. The third-order valence-electron chi connectivity index (χ3n) is 5.03. The number of allylic oxidation sites excluding steroid dienone is 2. The molecule has 4 rings (SSSR count). The summed E-state index contributed by atoms with van der Waals surface area (Å²) in [4.78, 5) is 0. The smallest absolute Gasteiger partial charge is 0.124 e. The van der Waals surface area contributed by atoms with Crippen molar-refractivity contribution in [2.45, 2.75) is 24.2 Å². The third kappa shape index (κ3) is 1.47. The van der Waals surface area contributed by atoms with Crippen LogP contribution in [0.1, 0.15) is 28.2 Å². The zero-order valence-corrected chi connectivity index (χ0v) is 12.1. The number of benzene rings is 2. The Morgan fingerprint density at radius 3 is 2.45 bits per heavy atom. The first-order valence-corrected chi connectivity index (χ1v) is 7.49. The molecule has 1 unspecified atom stereocenters. The molecule has 0 fully saturated rings. The average Bonchev–Trinajstić information content (AvgIpc) is 2.94. The van der Waals surface area contributed by atoms with E-state index in [1.54, 1.807) is 0 Å². The summed E-state index contributed by atoms with van der Waals surface area (Å²) < 4.78 is 0. The van der Waals surface area contributed by atoms with Crippen LogP contribution in [0.5, 0.6) is 0 Å². The van der Waals surface area contributed by atoms with Gasteiger partial charge in [0.1, 0.15) is 5.41 Å². The van der Waals surface area contributed by atoms with Gasteiger partial charge in [-0.15, -0.1) is 0 Å². The summed E-state index contributed by atoms with van der Waals surface area (Å²) in [6, 6.07) is 21.2. The van der Waals surface area contributed by atoms with E-state index in [1.165, 1.54) is 11.1 Å². The normalized spacial score (nSPS) is 24.8. The van der Waals surface area contributed by atoms with Crippen molar-refractivity contribution >= 4 is 0 Å². The van der Waals surface area contributed by atoms with Crippen molar-refractivity contribution < 1.29 is 0 Å². The minimum atomic E-state index is -0.819. The fourth-order valence-corrected chi connectivity index (χ4v) is 4.12. The van der Waals surface area contributed by atoms with Crippen LogP contribution in [0, 0.1) is 22.7 Å². The zero-order valence-electron chi connectivity index (χ0n) is 12.1. The molecular formula is C20H14N2. The molecule has 0 radical (unpaired) electrons. The van der Waals surface area contributed by atoms with Crippen LogP contribution in [0.2, 0.25) is 0 Å². The zero-order chi connectivity index (χ0) is 15.2. The van der Waals surface area contributed by atoms with Crippen molar-refractivity contribution in [3.8, 4) is 12.1 Å².